The Morgan fingerprint density at radius 2 is 1.73 bits per heavy atom. The molecule has 11 N–H and O–H groups in total. The van der Waals surface area contributed by atoms with Gasteiger partial charge in [0.05, 0.1) is 11.8 Å². The van der Waals surface area contributed by atoms with Crippen LogP contribution in [0, 0.1) is 11.3 Å². The standard InChI is InChI=1S/C7H20N8/c1-3-6(10,11)14-15-7(12,13)4(2)5(8)9/h4H,3,10-13H2,1-2H3,(H3,8,9)/b15-14+. The Kier molecular flexibility index (Phi) is 4.28. The fourth-order valence-electron chi connectivity index (χ4n) is 0.586. The average molecular weight is 216 g/mol. The summed E-state index contributed by atoms with van der Waals surface area (Å²) in [7, 11) is 0. The van der Waals surface area contributed by atoms with Gasteiger partial charge in [0.1, 0.15) is 0 Å². The van der Waals surface area contributed by atoms with Gasteiger partial charge in [0.15, 0.2) is 11.6 Å². The second-order valence-electron chi connectivity index (χ2n) is 3.61. The van der Waals surface area contributed by atoms with E-state index in [0.717, 1.165) is 0 Å². The molecule has 0 aromatic heterocycles. The Labute approximate surface area is 88.8 Å². The molecule has 0 aliphatic carbocycles. The lowest BCUT2D eigenvalue weighted by Crippen LogP contribution is -2.57. The molecule has 0 aromatic rings. The Morgan fingerprint density at radius 1 is 1.27 bits per heavy atom. The van der Waals surface area contributed by atoms with E-state index in [1.165, 1.54) is 0 Å². The third kappa shape index (κ3) is 4.30. The molecule has 1 unspecified atom stereocenters. The third-order valence-electron chi connectivity index (χ3n) is 2.14. The fraction of sp³-hybridized carbons (Fsp3) is 0.857. The maximum absolute atomic E-state index is 7.19. The molecule has 0 aliphatic rings. The van der Waals surface area contributed by atoms with Crippen LogP contribution in [0.15, 0.2) is 10.2 Å². The maximum Gasteiger partial charge on any atom is 0.189 e. The van der Waals surface area contributed by atoms with Crippen molar-refractivity contribution in [3.8, 4) is 0 Å². The van der Waals surface area contributed by atoms with Crippen molar-refractivity contribution in [3.63, 3.8) is 0 Å². The van der Waals surface area contributed by atoms with E-state index >= 15 is 0 Å². The summed E-state index contributed by atoms with van der Waals surface area (Å²) >= 11 is 0. The molecule has 0 saturated heterocycles. The van der Waals surface area contributed by atoms with Crippen molar-refractivity contribution in [2.75, 3.05) is 0 Å². The first kappa shape index (κ1) is 13.9. The second kappa shape index (κ2) is 4.62. The zero-order valence-corrected chi connectivity index (χ0v) is 9.07. The van der Waals surface area contributed by atoms with E-state index in [1.54, 1.807) is 13.8 Å². The smallest absolute Gasteiger partial charge is 0.189 e. The van der Waals surface area contributed by atoms with Crippen molar-refractivity contribution >= 4 is 5.84 Å². The third-order valence-corrected chi connectivity index (χ3v) is 2.14. The Hall–Kier alpha value is -1.09. The summed E-state index contributed by atoms with van der Waals surface area (Å²) in [5.41, 5.74) is 27.5. The summed E-state index contributed by atoms with van der Waals surface area (Å²) in [5.74, 6) is -3.67. The first-order chi connectivity index (χ1) is 6.62. The lowest BCUT2D eigenvalue weighted by Gasteiger charge is -2.26. The van der Waals surface area contributed by atoms with Gasteiger partial charge in [-0.25, -0.2) is 0 Å². The summed E-state index contributed by atoms with van der Waals surface area (Å²) in [5, 5.41) is 14.4. The molecule has 0 rings (SSSR count). The van der Waals surface area contributed by atoms with Crippen LogP contribution in [0.2, 0.25) is 0 Å². The van der Waals surface area contributed by atoms with E-state index in [2.05, 4.69) is 10.2 Å². The maximum atomic E-state index is 7.19. The minimum absolute atomic E-state index is 0.171. The van der Waals surface area contributed by atoms with Gasteiger partial charge in [-0.15, -0.1) is 0 Å². The molecule has 0 fully saturated rings. The zero-order chi connectivity index (χ0) is 12.3. The molecule has 0 amide bonds. The zero-order valence-electron chi connectivity index (χ0n) is 9.07. The molecule has 8 heteroatoms. The van der Waals surface area contributed by atoms with Crippen molar-refractivity contribution in [1.82, 2.24) is 0 Å². The molecule has 0 radical (unpaired) electrons. The van der Waals surface area contributed by atoms with E-state index < -0.39 is 17.5 Å². The number of nitrogens with one attached hydrogen (secondary N) is 1. The topological polar surface area (TPSA) is 179 Å². The molecule has 0 saturated carbocycles. The van der Waals surface area contributed by atoms with Crippen molar-refractivity contribution < 1.29 is 0 Å². The van der Waals surface area contributed by atoms with Crippen LogP contribution in [0.5, 0.6) is 0 Å². The van der Waals surface area contributed by atoms with Crippen molar-refractivity contribution in [1.29, 1.82) is 5.41 Å². The van der Waals surface area contributed by atoms with E-state index in [-0.39, 0.29) is 5.84 Å². The Balaban J connectivity index is 4.70. The highest BCUT2D eigenvalue weighted by atomic mass is 15.4. The van der Waals surface area contributed by atoms with Crippen LogP contribution in [0.3, 0.4) is 0 Å². The fourth-order valence-corrected chi connectivity index (χ4v) is 0.586. The minimum Gasteiger partial charge on any atom is -0.387 e. The number of azo groups is 1. The quantitative estimate of drug-likeness (QED) is 0.142. The van der Waals surface area contributed by atoms with Crippen molar-refractivity contribution in [2.45, 2.75) is 31.8 Å². The van der Waals surface area contributed by atoms with Crippen LogP contribution in [0.25, 0.3) is 0 Å². The largest absolute Gasteiger partial charge is 0.387 e. The van der Waals surface area contributed by atoms with Gasteiger partial charge in [0.25, 0.3) is 0 Å². The van der Waals surface area contributed by atoms with Crippen molar-refractivity contribution in [2.24, 2.45) is 44.8 Å². The van der Waals surface area contributed by atoms with Crippen LogP contribution in [0.4, 0.5) is 0 Å². The average Bonchev–Trinajstić information content (AvgIpc) is 2.14. The number of hydrogen-bond donors (Lipinski definition) is 6. The van der Waals surface area contributed by atoms with Crippen LogP contribution in [-0.2, 0) is 0 Å². The highest BCUT2D eigenvalue weighted by molar-refractivity contribution is 5.80. The monoisotopic (exact) mass is 216 g/mol. The normalized spacial score (nSPS) is 15.6. The van der Waals surface area contributed by atoms with Gasteiger partial charge < -0.3 is 5.73 Å². The second-order valence-corrected chi connectivity index (χ2v) is 3.61. The number of nitrogens with two attached hydrogens (primary N) is 5. The summed E-state index contributed by atoms with van der Waals surface area (Å²) < 4.78 is 0. The number of rotatable bonds is 5. The van der Waals surface area contributed by atoms with E-state index in [4.69, 9.17) is 34.1 Å². The van der Waals surface area contributed by atoms with Gasteiger partial charge in [-0.2, -0.15) is 10.2 Å². The Bertz CT molecular complexity index is 256. The van der Waals surface area contributed by atoms with Crippen LogP contribution < -0.4 is 28.7 Å². The van der Waals surface area contributed by atoms with Gasteiger partial charge in [-0.1, -0.05) is 13.8 Å². The molecule has 0 aliphatic heterocycles. The van der Waals surface area contributed by atoms with Gasteiger partial charge in [-0.3, -0.25) is 28.3 Å². The van der Waals surface area contributed by atoms with E-state index in [0.29, 0.717) is 6.42 Å². The van der Waals surface area contributed by atoms with Gasteiger partial charge in [-0.05, 0) is 6.42 Å². The molecule has 0 aromatic carbocycles. The Morgan fingerprint density at radius 3 is 2.07 bits per heavy atom. The number of nitrogens with zero attached hydrogens (tertiary/aromatic N) is 2. The number of hydrogen-bond acceptors (Lipinski definition) is 7. The molecule has 8 nitrogen and oxygen atoms in total. The molecule has 15 heavy (non-hydrogen) atoms. The summed E-state index contributed by atoms with van der Waals surface area (Å²) in [6, 6.07) is 0. The van der Waals surface area contributed by atoms with Gasteiger partial charge in [0, 0.05) is 0 Å². The van der Waals surface area contributed by atoms with E-state index in [9.17, 15) is 0 Å². The lowest BCUT2D eigenvalue weighted by molar-refractivity contribution is 0.324. The van der Waals surface area contributed by atoms with Gasteiger partial charge >= 0.3 is 0 Å². The summed E-state index contributed by atoms with van der Waals surface area (Å²) in [6.07, 6.45) is 0.390. The lowest BCUT2D eigenvalue weighted by atomic mass is 10.0. The van der Waals surface area contributed by atoms with Crippen molar-refractivity contribution in [3.05, 3.63) is 0 Å². The SMILES string of the molecule is CCC(N)(N)/N=N/C(N)(N)C(C)C(=N)N. The molecular formula is C7H20N8. The predicted molar refractivity (Wildman–Crippen MR) is 58.4 cm³/mol. The highest BCUT2D eigenvalue weighted by Crippen LogP contribution is 2.12. The van der Waals surface area contributed by atoms with Crippen LogP contribution in [0.1, 0.15) is 20.3 Å². The minimum atomic E-state index is -1.56. The van der Waals surface area contributed by atoms with Gasteiger partial charge in [0.2, 0.25) is 0 Å². The molecule has 1 atom stereocenters. The molecule has 0 spiro atoms. The van der Waals surface area contributed by atoms with Crippen LogP contribution >= 0.6 is 0 Å². The number of amidine groups is 1. The summed E-state index contributed by atoms with van der Waals surface area (Å²) in [4.78, 5) is 0. The first-order valence-electron chi connectivity index (χ1n) is 4.56. The predicted octanol–water partition coefficient (Wildman–Crippen LogP) is -1.44. The molecular weight excluding hydrogens is 196 g/mol. The van der Waals surface area contributed by atoms with Crippen LogP contribution in [-0.4, -0.2) is 17.4 Å². The van der Waals surface area contributed by atoms with E-state index in [1.807, 2.05) is 0 Å². The molecule has 0 heterocycles. The highest BCUT2D eigenvalue weighted by Gasteiger charge is 2.30. The molecule has 88 valence electrons. The molecule has 0 bridgehead atoms. The first-order valence-corrected chi connectivity index (χ1v) is 4.56. The summed E-state index contributed by atoms with van der Waals surface area (Å²) in [6.45, 7) is 3.32.